The van der Waals surface area contributed by atoms with Crippen molar-refractivity contribution < 1.29 is 0 Å². The molecule has 0 atom stereocenters. The maximum Gasteiger partial charge on any atom is 0.129 e. The Kier molecular flexibility index (Phi) is 4.85. The van der Waals surface area contributed by atoms with Gasteiger partial charge in [-0.3, -0.25) is 0 Å². The van der Waals surface area contributed by atoms with Crippen LogP contribution in [0.4, 0.5) is 5.82 Å². The van der Waals surface area contributed by atoms with Crippen molar-refractivity contribution in [3.8, 4) is 28.5 Å². The Morgan fingerprint density at radius 2 is 1.74 bits per heavy atom. The van der Waals surface area contributed by atoms with Crippen molar-refractivity contribution in [2.24, 2.45) is 12.8 Å². The number of nitrogens with two attached hydrogens (primary N) is 1. The molecule has 4 aromatic rings. The minimum atomic E-state index is 0.271. The molecule has 3 heterocycles. The summed E-state index contributed by atoms with van der Waals surface area (Å²) in [7, 11) is 1.89. The number of hydrogen-bond acceptors (Lipinski definition) is 6. The number of aromatic nitrogens is 4. The number of anilines is 1. The van der Waals surface area contributed by atoms with Gasteiger partial charge in [0.2, 0.25) is 0 Å². The molecule has 0 amide bonds. The van der Waals surface area contributed by atoms with E-state index < -0.39 is 0 Å². The highest BCUT2D eigenvalue weighted by Gasteiger charge is 2.19. The SMILES string of the molecule is Cn1nnc2cc(-c3ccc(N4CCC(N)CC4)nc3-c3ccc(C#N)cc3)ccc21. The van der Waals surface area contributed by atoms with Crippen LogP contribution >= 0.6 is 0 Å². The number of aryl methyl sites for hydroxylation is 1. The lowest BCUT2D eigenvalue weighted by atomic mass is 9.98. The molecule has 1 fully saturated rings. The van der Waals surface area contributed by atoms with Gasteiger partial charge in [-0.1, -0.05) is 23.4 Å². The van der Waals surface area contributed by atoms with Crippen molar-refractivity contribution in [3.63, 3.8) is 0 Å². The third-order valence-corrected chi connectivity index (χ3v) is 5.95. The van der Waals surface area contributed by atoms with Gasteiger partial charge in [-0.15, -0.1) is 5.10 Å². The van der Waals surface area contributed by atoms with Crippen LogP contribution in [0.15, 0.2) is 54.6 Å². The van der Waals surface area contributed by atoms with Crippen molar-refractivity contribution in [1.82, 2.24) is 20.0 Å². The third kappa shape index (κ3) is 3.62. The lowest BCUT2D eigenvalue weighted by Crippen LogP contribution is -2.40. The highest BCUT2D eigenvalue weighted by atomic mass is 15.4. The smallest absolute Gasteiger partial charge is 0.129 e. The average molecular weight is 409 g/mol. The van der Waals surface area contributed by atoms with E-state index in [1.165, 1.54) is 0 Å². The van der Waals surface area contributed by atoms with E-state index in [9.17, 15) is 5.26 Å². The fourth-order valence-corrected chi connectivity index (χ4v) is 4.12. The first-order valence-corrected chi connectivity index (χ1v) is 10.4. The molecule has 0 unspecified atom stereocenters. The van der Waals surface area contributed by atoms with Crippen LogP contribution in [0.1, 0.15) is 18.4 Å². The molecule has 7 heteroatoms. The zero-order valence-corrected chi connectivity index (χ0v) is 17.4. The number of nitriles is 1. The van der Waals surface area contributed by atoms with Gasteiger partial charge in [0, 0.05) is 37.3 Å². The molecule has 2 aromatic carbocycles. The van der Waals surface area contributed by atoms with E-state index >= 15 is 0 Å². The number of piperidine rings is 1. The highest BCUT2D eigenvalue weighted by Crippen LogP contribution is 2.34. The van der Waals surface area contributed by atoms with Crippen molar-refractivity contribution in [2.75, 3.05) is 18.0 Å². The lowest BCUT2D eigenvalue weighted by molar-refractivity contribution is 0.499. The van der Waals surface area contributed by atoms with Crippen LogP contribution < -0.4 is 10.6 Å². The molecule has 0 aliphatic carbocycles. The van der Waals surface area contributed by atoms with Gasteiger partial charge < -0.3 is 10.6 Å². The first kappa shape index (κ1) is 19.2. The molecular formula is C24H23N7. The van der Waals surface area contributed by atoms with Crippen LogP contribution in [0.3, 0.4) is 0 Å². The summed E-state index contributed by atoms with van der Waals surface area (Å²) in [4.78, 5) is 7.37. The molecule has 0 radical (unpaired) electrons. The summed E-state index contributed by atoms with van der Waals surface area (Å²) in [6.07, 6.45) is 1.94. The van der Waals surface area contributed by atoms with Crippen molar-refractivity contribution in [2.45, 2.75) is 18.9 Å². The van der Waals surface area contributed by atoms with Gasteiger partial charge in [-0.2, -0.15) is 5.26 Å². The maximum absolute atomic E-state index is 9.17. The fraction of sp³-hybridized carbons (Fsp3) is 0.250. The molecule has 2 N–H and O–H groups in total. The maximum atomic E-state index is 9.17. The number of rotatable bonds is 3. The topological polar surface area (TPSA) is 96.7 Å². The Morgan fingerprint density at radius 1 is 1.00 bits per heavy atom. The predicted molar refractivity (Wildman–Crippen MR) is 121 cm³/mol. The predicted octanol–water partition coefficient (Wildman–Crippen LogP) is 3.50. The van der Waals surface area contributed by atoms with Crippen LogP contribution in [0.2, 0.25) is 0 Å². The average Bonchev–Trinajstić information content (AvgIpc) is 3.19. The summed E-state index contributed by atoms with van der Waals surface area (Å²) in [5, 5.41) is 17.6. The Hall–Kier alpha value is -3.76. The minimum Gasteiger partial charge on any atom is -0.356 e. The summed E-state index contributed by atoms with van der Waals surface area (Å²) < 4.78 is 1.77. The van der Waals surface area contributed by atoms with E-state index in [1.54, 1.807) is 4.68 Å². The molecule has 7 nitrogen and oxygen atoms in total. The molecule has 5 rings (SSSR count). The number of benzene rings is 2. The Labute approximate surface area is 180 Å². The normalized spacial score (nSPS) is 14.7. The monoisotopic (exact) mass is 409 g/mol. The van der Waals surface area contributed by atoms with Gasteiger partial charge in [0.1, 0.15) is 11.3 Å². The summed E-state index contributed by atoms with van der Waals surface area (Å²) in [5.41, 5.74) is 12.5. The van der Waals surface area contributed by atoms with E-state index in [0.717, 1.165) is 65.2 Å². The zero-order chi connectivity index (χ0) is 21.4. The van der Waals surface area contributed by atoms with Crippen LogP contribution in [-0.2, 0) is 7.05 Å². The number of fused-ring (bicyclic) bond motifs is 1. The van der Waals surface area contributed by atoms with Crippen molar-refractivity contribution in [3.05, 3.63) is 60.2 Å². The zero-order valence-electron chi connectivity index (χ0n) is 17.4. The Morgan fingerprint density at radius 3 is 2.48 bits per heavy atom. The summed E-state index contributed by atoms with van der Waals surface area (Å²) in [5.74, 6) is 0.954. The van der Waals surface area contributed by atoms with Gasteiger partial charge in [-0.05, 0) is 54.8 Å². The minimum absolute atomic E-state index is 0.271. The van der Waals surface area contributed by atoms with Gasteiger partial charge in [-0.25, -0.2) is 9.67 Å². The molecular weight excluding hydrogens is 386 g/mol. The summed E-state index contributed by atoms with van der Waals surface area (Å²) in [6, 6.07) is 20.4. The van der Waals surface area contributed by atoms with Crippen LogP contribution in [0, 0.1) is 11.3 Å². The second-order valence-corrected chi connectivity index (χ2v) is 8.00. The van der Waals surface area contributed by atoms with Crippen LogP contribution in [-0.4, -0.2) is 39.1 Å². The largest absolute Gasteiger partial charge is 0.356 e. The second kappa shape index (κ2) is 7.82. The fourth-order valence-electron chi connectivity index (χ4n) is 4.12. The van der Waals surface area contributed by atoms with Gasteiger partial charge in [0.05, 0.1) is 22.8 Å². The lowest BCUT2D eigenvalue weighted by Gasteiger charge is -2.31. The van der Waals surface area contributed by atoms with Gasteiger partial charge in [0.25, 0.3) is 0 Å². The van der Waals surface area contributed by atoms with E-state index in [1.807, 2.05) is 43.4 Å². The molecule has 31 heavy (non-hydrogen) atoms. The van der Waals surface area contributed by atoms with Gasteiger partial charge in [0.15, 0.2) is 0 Å². The molecule has 2 aromatic heterocycles. The highest BCUT2D eigenvalue weighted by molar-refractivity contribution is 5.87. The van der Waals surface area contributed by atoms with E-state index in [-0.39, 0.29) is 6.04 Å². The first-order chi connectivity index (χ1) is 15.1. The van der Waals surface area contributed by atoms with Crippen molar-refractivity contribution in [1.29, 1.82) is 5.26 Å². The van der Waals surface area contributed by atoms with Crippen LogP contribution in [0.25, 0.3) is 33.4 Å². The molecule has 154 valence electrons. The molecule has 0 saturated carbocycles. The van der Waals surface area contributed by atoms with Gasteiger partial charge >= 0.3 is 0 Å². The standard InChI is InChI=1S/C24H23N7/c1-30-22-8-6-18(14-21(22)28-29-30)20-7-9-23(31-12-10-19(26)11-13-31)27-24(20)17-4-2-16(15-25)3-5-17/h2-9,14,19H,10-13,26H2,1H3. The van der Waals surface area contributed by atoms with E-state index in [4.69, 9.17) is 10.7 Å². The Bertz CT molecular complexity index is 1280. The molecule has 1 aliphatic rings. The van der Waals surface area contributed by atoms with E-state index in [2.05, 4.69) is 39.5 Å². The summed E-state index contributed by atoms with van der Waals surface area (Å²) >= 11 is 0. The molecule has 1 aliphatic heterocycles. The summed E-state index contributed by atoms with van der Waals surface area (Å²) in [6.45, 7) is 1.82. The number of pyridine rings is 1. The molecule has 0 bridgehead atoms. The quantitative estimate of drug-likeness (QED) is 0.556. The van der Waals surface area contributed by atoms with Crippen LogP contribution in [0.5, 0.6) is 0 Å². The second-order valence-electron chi connectivity index (χ2n) is 8.00. The van der Waals surface area contributed by atoms with Crippen molar-refractivity contribution >= 4 is 16.9 Å². The molecule has 1 saturated heterocycles. The third-order valence-electron chi connectivity index (χ3n) is 5.95. The number of nitrogens with zero attached hydrogens (tertiary/aromatic N) is 6. The molecule has 0 spiro atoms. The number of hydrogen-bond donors (Lipinski definition) is 1. The van der Waals surface area contributed by atoms with E-state index in [0.29, 0.717) is 5.56 Å². The first-order valence-electron chi connectivity index (χ1n) is 10.4. The Balaban J connectivity index is 1.62.